The molecule has 12 nitrogen and oxygen atoms in total. The van der Waals surface area contributed by atoms with Crippen LogP contribution in [0.3, 0.4) is 0 Å². The number of amides is 3. The number of aliphatic imine (C=N–C) groups is 1. The Bertz CT molecular complexity index is 667. The lowest BCUT2D eigenvalue weighted by atomic mass is 9.97. The average Bonchev–Trinajstić information content (AvgIpc) is 2.75. The Kier molecular flexibility index (Phi) is 13.6. The molecule has 32 heavy (non-hydrogen) atoms. The fourth-order valence-electron chi connectivity index (χ4n) is 2.80. The van der Waals surface area contributed by atoms with Crippen LogP contribution in [0.2, 0.25) is 0 Å². The van der Waals surface area contributed by atoms with Crippen molar-refractivity contribution in [2.45, 2.75) is 71.5 Å². The molecule has 0 rings (SSSR count). The smallest absolute Gasteiger partial charge is 0.326 e. The lowest BCUT2D eigenvalue weighted by Gasteiger charge is -2.25. The van der Waals surface area contributed by atoms with Gasteiger partial charge >= 0.3 is 5.97 Å². The first-order chi connectivity index (χ1) is 14.9. The van der Waals surface area contributed by atoms with Gasteiger partial charge in [0.05, 0.1) is 12.6 Å². The number of nitrogens with two attached hydrogens (primary N) is 3. The van der Waals surface area contributed by atoms with E-state index in [0.717, 1.165) is 0 Å². The monoisotopic (exact) mass is 457 g/mol. The molecular formula is C20H39N7O5. The van der Waals surface area contributed by atoms with Crippen molar-refractivity contribution in [3.63, 3.8) is 0 Å². The van der Waals surface area contributed by atoms with Gasteiger partial charge in [0, 0.05) is 6.54 Å². The third kappa shape index (κ3) is 10.9. The van der Waals surface area contributed by atoms with E-state index in [2.05, 4.69) is 20.9 Å². The molecule has 0 aliphatic rings. The number of guanidine groups is 1. The van der Waals surface area contributed by atoms with Gasteiger partial charge in [0.25, 0.3) is 0 Å². The van der Waals surface area contributed by atoms with Crippen molar-refractivity contribution in [3.05, 3.63) is 0 Å². The molecule has 5 unspecified atom stereocenters. The van der Waals surface area contributed by atoms with Gasteiger partial charge in [-0.25, -0.2) is 4.79 Å². The Labute approximate surface area is 189 Å². The number of nitrogens with one attached hydrogen (secondary N) is 3. The summed E-state index contributed by atoms with van der Waals surface area (Å²) in [7, 11) is 0. The number of carbonyl (C=O) groups excluding carboxylic acids is 3. The van der Waals surface area contributed by atoms with Crippen LogP contribution in [0, 0.1) is 11.8 Å². The van der Waals surface area contributed by atoms with Crippen LogP contribution in [-0.4, -0.2) is 66.0 Å². The summed E-state index contributed by atoms with van der Waals surface area (Å²) in [5.74, 6) is -3.35. The maximum absolute atomic E-state index is 12.6. The normalized spacial score (nSPS) is 15.4. The number of carboxylic acids is 1. The number of aliphatic carboxylic acids is 1. The van der Waals surface area contributed by atoms with Crippen LogP contribution in [0.4, 0.5) is 0 Å². The van der Waals surface area contributed by atoms with E-state index in [1.54, 1.807) is 13.8 Å². The van der Waals surface area contributed by atoms with E-state index in [1.165, 1.54) is 0 Å². The van der Waals surface area contributed by atoms with Crippen LogP contribution in [-0.2, 0) is 19.2 Å². The SMILES string of the molecule is CCC(C)C(NC(=O)CNC(=O)C(NC(=O)C(N)CCCN=C(N)N)C(C)CC)C(=O)O. The van der Waals surface area contributed by atoms with E-state index >= 15 is 0 Å². The van der Waals surface area contributed by atoms with Gasteiger partial charge in [-0.05, 0) is 24.7 Å². The van der Waals surface area contributed by atoms with Crippen LogP contribution in [0.15, 0.2) is 4.99 Å². The van der Waals surface area contributed by atoms with Gasteiger partial charge in [-0.15, -0.1) is 0 Å². The summed E-state index contributed by atoms with van der Waals surface area (Å²) in [6.07, 6.45) is 1.98. The first-order valence-electron chi connectivity index (χ1n) is 10.9. The number of hydrogen-bond acceptors (Lipinski definition) is 6. The van der Waals surface area contributed by atoms with Gasteiger partial charge in [0.1, 0.15) is 12.1 Å². The second kappa shape index (κ2) is 15.0. The predicted molar refractivity (Wildman–Crippen MR) is 121 cm³/mol. The highest BCUT2D eigenvalue weighted by Gasteiger charge is 2.29. The number of carbonyl (C=O) groups is 4. The van der Waals surface area contributed by atoms with E-state index in [0.29, 0.717) is 32.2 Å². The summed E-state index contributed by atoms with van der Waals surface area (Å²) < 4.78 is 0. The largest absolute Gasteiger partial charge is 0.480 e. The lowest BCUT2D eigenvalue weighted by Crippen LogP contribution is -2.56. The van der Waals surface area contributed by atoms with Crippen LogP contribution in [0.5, 0.6) is 0 Å². The lowest BCUT2D eigenvalue weighted by molar-refractivity contribution is -0.143. The second-order valence-electron chi connectivity index (χ2n) is 7.91. The van der Waals surface area contributed by atoms with Crippen LogP contribution in [0.1, 0.15) is 53.4 Å². The Morgan fingerprint density at radius 3 is 2.00 bits per heavy atom. The first kappa shape index (κ1) is 29.1. The van der Waals surface area contributed by atoms with Crippen molar-refractivity contribution in [1.82, 2.24) is 16.0 Å². The molecule has 0 fully saturated rings. The maximum Gasteiger partial charge on any atom is 0.326 e. The van der Waals surface area contributed by atoms with Crippen molar-refractivity contribution in [2.24, 2.45) is 34.0 Å². The minimum absolute atomic E-state index is 0.0422. The highest BCUT2D eigenvalue weighted by atomic mass is 16.4. The number of carboxylic acid groups (broad SMARTS) is 1. The molecule has 10 N–H and O–H groups in total. The quantitative estimate of drug-likeness (QED) is 0.0882. The summed E-state index contributed by atoms with van der Waals surface area (Å²) >= 11 is 0. The zero-order chi connectivity index (χ0) is 24.8. The molecule has 0 saturated heterocycles. The topological polar surface area (TPSA) is 215 Å². The number of nitrogens with zero attached hydrogens (tertiary/aromatic N) is 1. The van der Waals surface area contributed by atoms with Gasteiger partial charge in [0.15, 0.2) is 5.96 Å². The first-order valence-corrected chi connectivity index (χ1v) is 10.9. The maximum atomic E-state index is 12.6. The van der Waals surface area contributed by atoms with Crippen molar-refractivity contribution in [2.75, 3.05) is 13.1 Å². The number of hydrogen-bond donors (Lipinski definition) is 7. The fraction of sp³-hybridized carbons (Fsp3) is 0.750. The van der Waals surface area contributed by atoms with Crippen molar-refractivity contribution < 1.29 is 24.3 Å². The molecule has 0 aliphatic carbocycles. The Hall–Kier alpha value is -2.89. The minimum atomic E-state index is -1.14. The predicted octanol–water partition coefficient (Wildman–Crippen LogP) is -1.37. The van der Waals surface area contributed by atoms with Gasteiger partial charge in [-0.3, -0.25) is 19.4 Å². The summed E-state index contributed by atoms with van der Waals surface area (Å²) in [4.78, 5) is 52.4. The summed E-state index contributed by atoms with van der Waals surface area (Å²) in [5.41, 5.74) is 16.4. The fourth-order valence-corrected chi connectivity index (χ4v) is 2.80. The van der Waals surface area contributed by atoms with Crippen molar-refractivity contribution in [1.29, 1.82) is 0 Å². The van der Waals surface area contributed by atoms with Gasteiger partial charge in [0.2, 0.25) is 17.7 Å². The second-order valence-corrected chi connectivity index (χ2v) is 7.91. The molecule has 0 aromatic heterocycles. The van der Waals surface area contributed by atoms with Gasteiger partial charge < -0.3 is 38.3 Å². The average molecular weight is 458 g/mol. The molecule has 184 valence electrons. The van der Waals surface area contributed by atoms with E-state index in [1.807, 2.05) is 13.8 Å². The van der Waals surface area contributed by atoms with Gasteiger partial charge in [-0.1, -0.05) is 40.5 Å². The molecule has 12 heteroatoms. The Morgan fingerprint density at radius 2 is 1.50 bits per heavy atom. The highest BCUT2D eigenvalue weighted by Crippen LogP contribution is 2.10. The zero-order valence-corrected chi connectivity index (χ0v) is 19.4. The summed E-state index contributed by atoms with van der Waals surface area (Å²) in [5, 5.41) is 16.8. The summed E-state index contributed by atoms with van der Waals surface area (Å²) in [6, 6.07) is -2.79. The van der Waals surface area contributed by atoms with E-state index in [9.17, 15) is 24.3 Å². The van der Waals surface area contributed by atoms with E-state index in [-0.39, 0.29) is 17.8 Å². The minimum Gasteiger partial charge on any atom is -0.480 e. The molecule has 5 atom stereocenters. The van der Waals surface area contributed by atoms with Crippen LogP contribution in [0.25, 0.3) is 0 Å². The van der Waals surface area contributed by atoms with E-state index < -0.39 is 48.4 Å². The molecule has 0 bridgehead atoms. The molecule has 0 saturated carbocycles. The van der Waals surface area contributed by atoms with E-state index in [4.69, 9.17) is 17.2 Å². The molecule has 0 heterocycles. The molecule has 0 spiro atoms. The highest BCUT2D eigenvalue weighted by molar-refractivity contribution is 5.92. The Balaban J connectivity index is 4.87. The molecule has 0 aromatic carbocycles. The number of rotatable bonds is 15. The van der Waals surface area contributed by atoms with Gasteiger partial charge in [-0.2, -0.15) is 0 Å². The molecule has 3 amide bonds. The zero-order valence-electron chi connectivity index (χ0n) is 19.4. The molecule has 0 radical (unpaired) electrons. The summed E-state index contributed by atoms with van der Waals surface area (Å²) in [6.45, 7) is 7.11. The molecule has 0 aliphatic heterocycles. The third-order valence-electron chi connectivity index (χ3n) is 5.32. The Morgan fingerprint density at radius 1 is 0.938 bits per heavy atom. The van der Waals surface area contributed by atoms with Crippen molar-refractivity contribution >= 4 is 29.7 Å². The molecular weight excluding hydrogens is 418 g/mol. The van der Waals surface area contributed by atoms with Crippen LogP contribution >= 0.6 is 0 Å². The third-order valence-corrected chi connectivity index (χ3v) is 5.32. The molecule has 0 aromatic rings. The van der Waals surface area contributed by atoms with Crippen molar-refractivity contribution in [3.8, 4) is 0 Å². The standard InChI is InChI=1S/C20H39N7O5/c1-5-11(3)15(27-17(29)13(21)8-7-9-24-20(22)23)18(30)25-10-14(28)26-16(19(31)32)12(4)6-2/h11-13,15-16H,5-10,21H2,1-4H3,(H,25,30)(H,26,28)(H,27,29)(H,31,32)(H4,22,23,24). The van der Waals surface area contributed by atoms with Crippen LogP contribution < -0.4 is 33.2 Å².